The number of hydrogen-bond acceptors (Lipinski definition) is 3. The molecule has 0 saturated heterocycles. The highest BCUT2D eigenvalue weighted by Gasteiger charge is 2.12. The number of halogens is 2. The average molecular weight is 365 g/mol. The topological polar surface area (TPSA) is 23.5 Å². The first-order valence-electron chi connectivity index (χ1n) is 6.12. The molecule has 2 rings (SSSR count). The molecule has 1 aromatic carbocycles. The Morgan fingerprint density at radius 2 is 2.11 bits per heavy atom. The first-order valence-corrected chi connectivity index (χ1v) is 7.79. The van der Waals surface area contributed by atoms with E-state index in [2.05, 4.69) is 58.3 Å². The molecule has 0 aliphatic heterocycles. The molecule has 19 heavy (non-hydrogen) atoms. The largest absolute Gasteiger partial charge is 0.395 e. The maximum Gasteiger partial charge on any atom is 0.0558 e. The molecule has 106 valence electrons. The van der Waals surface area contributed by atoms with Gasteiger partial charge < -0.3 is 5.11 Å². The van der Waals surface area contributed by atoms with E-state index in [-0.39, 0.29) is 19.0 Å². The van der Waals surface area contributed by atoms with Crippen molar-refractivity contribution in [3.05, 3.63) is 33.6 Å². The summed E-state index contributed by atoms with van der Waals surface area (Å²) in [5.74, 6) is 0. The van der Waals surface area contributed by atoms with Crippen LogP contribution in [0.5, 0.6) is 0 Å². The van der Waals surface area contributed by atoms with Crippen molar-refractivity contribution in [2.45, 2.75) is 26.4 Å². The minimum Gasteiger partial charge on any atom is -0.395 e. The van der Waals surface area contributed by atoms with Gasteiger partial charge in [-0.3, -0.25) is 4.90 Å². The normalized spacial score (nSPS) is 11.3. The van der Waals surface area contributed by atoms with Gasteiger partial charge in [0.1, 0.15) is 0 Å². The van der Waals surface area contributed by atoms with Gasteiger partial charge >= 0.3 is 0 Å². The van der Waals surface area contributed by atoms with Crippen LogP contribution in [0.15, 0.2) is 28.1 Å². The van der Waals surface area contributed by atoms with E-state index in [1.54, 1.807) is 11.3 Å². The van der Waals surface area contributed by atoms with Crippen LogP contribution in [0.4, 0.5) is 0 Å². The van der Waals surface area contributed by atoms with Crippen LogP contribution >= 0.6 is 39.7 Å². The predicted octanol–water partition coefficient (Wildman–Crippen LogP) is 4.29. The lowest BCUT2D eigenvalue weighted by molar-refractivity contribution is 0.160. The van der Waals surface area contributed by atoms with Crippen molar-refractivity contribution in [1.82, 2.24) is 4.90 Å². The fourth-order valence-electron chi connectivity index (χ4n) is 2.04. The van der Waals surface area contributed by atoms with E-state index in [1.165, 1.54) is 15.6 Å². The van der Waals surface area contributed by atoms with Crippen LogP contribution in [0.3, 0.4) is 0 Å². The van der Waals surface area contributed by atoms with Gasteiger partial charge in [-0.05, 0) is 48.4 Å². The van der Waals surface area contributed by atoms with Gasteiger partial charge in [0.15, 0.2) is 0 Å². The van der Waals surface area contributed by atoms with Gasteiger partial charge in [0.2, 0.25) is 0 Å². The van der Waals surface area contributed by atoms with Gasteiger partial charge in [0.25, 0.3) is 0 Å². The van der Waals surface area contributed by atoms with Gasteiger partial charge in [-0.1, -0.05) is 15.9 Å². The predicted molar refractivity (Wildman–Crippen MR) is 89.4 cm³/mol. The van der Waals surface area contributed by atoms with E-state index in [1.807, 2.05) is 0 Å². The SMILES string of the molecule is CC(C)N(CCO)Cc1csc2ccc(Br)cc12.Cl. The second kappa shape index (κ2) is 7.60. The highest BCUT2D eigenvalue weighted by Crippen LogP contribution is 2.29. The maximum atomic E-state index is 9.13. The minimum absolute atomic E-state index is 0. The molecular weight excluding hydrogens is 346 g/mol. The van der Waals surface area contributed by atoms with Gasteiger partial charge in [0.05, 0.1) is 6.61 Å². The Balaban J connectivity index is 0.00000180. The van der Waals surface area contributed by atoms with Crippen LogP contribution < -0.4 is 0 Å². The summed E-state index contributed by atoms with van der Waals surface area (Å²) in [6.07, 6.45) is 0. The molecule has 0 bridgehead atoms. The molecule has 1 N–H and O–H groups in total. The van der Waals surface area contributed by atoms with Crippen LogP contribution in [0.25, 0.3) is 10.1 Å². The third kappa shape index (κ3) is 4.17. The van der Waals surface area contributed by atoms with Crippen LogP contribution in [-0.4, -0.2) is 29.2 Å². The van der Waals surface area contributed by atoms with Gasteiger partial charge in [-0.25, -0.2) is 0 Å². The third-order valence-corrected chi connectivity index (χ3v) is 4.61. The Hall–Kier alpha value is -0.130. The minimum atomic E-state index is 0. The quantitative estimate of drug-likeness (QED) is 0.855. The standard InChI is InChI=1S/C14H18BrNOS.ClH/c1-10(2)16(5-6-17)8-11-9-18-14-4-3-12(15)7-13(11)14;/h3-4,7,9-10,17H,5-6,8H2,1-2H3;1H. The molecule has 0 fully saturated rings. The first-order chi connectivity index (χ1) is 8.61. The Morgan fingerprint density at radius 3 is 2.74 bits per heavy atom. The van der Waals surface area contributed by atoms with Crippen molar-refractivity contribution in [1.29, 1.82) is 0 Å². The van der Waals surface area contributed by atoms with E-state index in [9.17, 15) is 0 Å². The molecule has 0 aliphatic rings. The monoisotopic (exact) mass is 363 g/mol. The Labute approximate surface area is 133 Å². The molecule has 0 saturated carbocycles. The second-order valence-corrected chi connectivity index (χ2v) is 6.52. The van der Waals surface area contributed by atoms with Crippen molar-refractivity contribution in [3.8, 4) is 0 Å². The van der Waals surface area contributed by atoms with Crippen molar-refractivity contribution < 1.29 is 5.11 Å². The number of thiophene rings is 1. The van der Waals surface area contributed by atoms with E-state index < -0.39 is 0 Å². The first kappa shape index (κ1) is 16.9. The zero-order chi connectivity index (χ0) is 13.1. The Bertz CT molecular complexity index is 529. The van der Waals surface area contributed by atoms with E-state index >= 15 is 0 Å². The zero-order valence-electron chi connectivity index (χ0n) is 11.1. The molecule has 0 aliphatic carbocycles. The molecule has 2 aromatic rings. The van der Waals surface area contributed by atoms with Crippen LogP contribution in [0.1, 0.15) is 19.4 Å². The van der Waals surface area contributed by atoms with Gasteiger partial charge in [0, 0.05) is 28.3 Å². The van der Waals surface area contributed by atoms with Crippen molar-refractivity contribution >= 4 is 49.8 Å². The fourth-order valence-corrected chi connectivity index (χ4v) is 3.34. The van der Waals surface area contributed by atoms with Gasteiger partial charge in [-0.2, -0.15) is 0 Å². The lowest BCUT2D eigenvalue weighted by Crippen LogP contribution is -2.32. The van der Waals surface area contributed by atoms with E-state index in [0.717, 1.165) is 17.6 Å². The number of benzene rings is 1. The molecule has 0 spiro atoms. The Kier molecular flexibility index (Phi) is 6.77. The summed E-state index contributed by atoms with van der Waals surface area (Å²) < 4.78 is 2.44. The number of rotatable bonds is 5. The number of aliphatic hydroxyl groups excluding tert-OH is 1. The van der Waals surface area contributed by atoms with Crippen LogP contribution in [-0.2, 0) is 6.54 Å². The van der Waals surface area contributed by atoms with Crippen LogP contribution in [0, 0.1) is 0 Å². The average Bonchev–Trinajstić information content (AvgIpc) is 2.71. The molecular formula is C14H19BrClNOS. The van der Waals surface area contributed by atoms with E-state index in [4.69, 9.17) is 5.11 Å². The summed E-state index contributed by atoms with van der Waals surface area (Å²) in [5.41, 5.74) is 1.35. The third-order valence-electron chi connectivity index (χ3n) is 3.11. The highest BCUT2D eigenvalue weighted by atomic mass is 79.9. The summed E-state index contributed by atoms with van der Waals surface area (Å²) in [4.78, 5) is 2.29. The molecule has 2 nitrogen and oxygen atoms in total. The van der Waals surface area contributed by atoms with Crippen molar-refractivity contribution in [2.75, 3.05) is 13.2 Å². The summed E-state index contributed by atoms with van der Waals surface area (Å²) in [5, 5.41) is 12.7. The van der Waals surface area contributed by atoms with Crippen LogP contribution in [0.2, 0.25) is 0 Å². The number of hydrogen-bond donors (Lipinski definition) is 1. The number of aliphatic hydroxyl groups is 1. The van der Waals surface area contributed by atoms with Gasteiger partial charge in [-0.15, -0.1) is 23.7 Å². The summed E-state index contributed by atoms with van der Waals surface area (Å²) in [7, 11) is 0. The highest BCUT2D eigenvalue weighted by molar-refractivity contribution is 9.10. The number of fused-ring (bicyclic) bond motifs is 1. The summed E-state index contributed by atoms with van der Waals surface area (Å²) >= 11 is 5.31. The fraction of sp³-hybridized carbons (Fsp3) is 0.429. The molecule has 5 heteroatoms. The molecule has 0 atom stereocenters. The van der Waals surface area contributed by atoms with E-state index in [0.29, 0.717) is 6.04 Å². The molecule has 0 amide bonds. The maximum absolute atomic E-state index is 9.13. The molecule has 0 unspecified atom stereocenters. The molecule has 1 heterocycles. The van der Waals surface area contributed by atoms with Crippen molar-refractivity contribution in [3.63, 3.8) is 0 Å². The molecule has 1 aromatic heterocycles. The Morgan fingerprint density at radius 1 is 1.37 bits per heavy atom. The smallest absolute Gasteiger partial charge is 0.0558 e. The summed E-state index contributed by atoms with van der Waals surface area (Å²) in [6.45, 7) is 6.17. The molecule has 0 radical (unpaired) electrons. The number of nitrogens with zero attached hydrogens (tertiary/aromatic N) is 1. The van der Waals surface area contributed by atoms with Crippen molar-refractivity contribution in [2.24, 2.45) is 0 Å². The lowest BCUT2D eigenvalue weighted by Gasteiger charge is -2.25. The summed E-state index contributed by atoms with van der Waals surface area (Å²) in [6, 6.07) is 6.85. The lowest BCUT2D eigenvalue weighted by atomic mass is 10.1. The second-order valence-electron chi connectivity index (χ2n) is 4.69. The zero-order valence-corrected chi connectivity index (χ0v) is 14.3.